The van der Waals surface area contributed by atoms with Gasteiger partial charge in [-0.15, -0.1) is 11.3 Å². The molecule has 0 aliphatic rings. The second-order valence-electron chi connectivity index (χ2n) is 3.64. The van der Waals surface area contributed by atoms with E-state index >= 15 is 0 Å². The second-order valence-corrected chi connectivity index (χ2v) is 4.53. The topological polar surface area (TPSA) is 68.0 Å². The number of hydrogen-bond donors (Lipinski definition) is 2. The monoisotopic (exact) mass is 281 g/mol. The SMILES string of the molecule is CCC(NC(=O)CCN)c1nc(C(F)(F)F)cs1. The number of nitrogens with one attached hydrogen (secondary N) is 1. The van der Waals surface area contributed by atoms with E-state index in [0.717, 1.165) is 16.7 Å². The number of alkyl halides is 3. The van der Waals surface area contributed by atoms with E-state index in [1.165, 1.54) is 0 Å². The Morgan fingerprint density at radius 1 is 1.61 bits per heavy atom. The van der Waals surface area contributed by atoms with Gasteiger partial charge in [-0.1, -0.05) is 6.92 Å². The van der Waals surface area contributed by atoms with Gasteiger partial charge < -0.3 is 11.1 Å². The van der Waals surface area contributed by atoms with Crippen molar-refractivity contribution in [1.82, 2.24) is 10.3 Å². The molecule has 1 aromatic rings. The molecule has 1 amide bonds. The fraction of sp³-hybridized carbons (Fsp3) is 0.600. The first-order chi connectivity index (χ1) is 8.38. The maximum Gasteiger partial charge on any atom is 0.434 e. The number of amides is 1. The predicted molar refractivity (Wildman–Crippen MR) is 62.0 cm³/mol. The van der Waals surface area contributed by atoms with Crippen molar-refractivity contribution in [2.24, 2.45) is 5.73 Å². The molecule has 1 heterocycles. The lowest BCUT2D eigenvalue weighted by Crippen LogP contribution is -2.29. The van der Waals surface area contributed by atoms with Gasteiger partial charge in [-0.2, -0.15) is 13.2 Å². The van der Waals surface area contributed by atoms with Crippen molar-refractivity contribution in [3.63, 3.8) is 0 Å². The Bertz CT molecular complexity index is 405. The summed E-state index contributed by atoms with van der Waals surface area (Å²) in [5.74, 6) is -0.284. The first-order valence-corrected chi connectivity index (χ1v) is 6.28. The van der Waals surface area contributed by atoms with E-state index in [4.69, 9.17) is 5.73 Å². The van der Waals surface area contributed by atoms with E-state index in [-0.39, 0.29) is 23.9 Å². The van der Waals surface area contributed by atoms with Crippen LogP contribution in [0.25, 0.3) is 0 Å². The van der Waals surface area contributed by atoms with Gasteiger partial charge in [-0.25, -0.2) is 4.98 Å². The minimum Gasteiger partial charge on any atom is -0.347 e. The molecule has 0 aliphatic heterocycles. The summed E-state index contributed by atoms with van der Waals surface area (Å²) in [7, 11) is 0. The maximum absolute atomic E-state index is 12.4. The highest BCUT2D eigenvalue weighted by Crippen LogP contribution is 2.32. The third kappa shape index (κ3) is 3.95. The van der Waals surface area contributed by atoms with Gasteiger partial charge in [0.15, 0.2) is 5.69 Å². The third-order valence-electron chi connectivity index (χ3n) is 2.23. The van der Waals surface area contributed by atoms with E-state index in [1.807, 2.05) is 0 Å². The lowest BCUT2D eigenvalue weighted by Gasteiger charge is -2.14. The molecule has 1 aromatic heterocycles. The molecule has 4 nitrogen and oxygen atoms in total. The summed E-state index contributed by atoms with van der Waals surface area (Å²) >= 11 is 0.892. The van der Waals surface area contributed by atoms with Crippen LogP contribution in [0.15, 0.2) is 5.38 Å². The molecular formula is C10H14F3N3OS. The van der Waals surface area contributed by atoms with Gasteiger partial charge in [-0.3, -0.25) is 4.79 Å². The summed E-state index contributed by atoms with van der Waals surface area (Å²) in [5, 5.41) is 3.82. The minimum absolute atomic E-state index is 0.147. The Morgan fingerprint density at radius 2 is 2.28 bits per heavy atom. The molecule has 1 atom stereocenters. The Hall–Kier alpha value is -1.15. The van der Waals surface area contributed by atoms with E-state index in [1.54, 1.807) is 6.92 Å². The normalized spacial score (nSPS) is 13.4. The Balaban J connectivity index is 2.77. The van der Waals surface area contributed by atoms with Crippen molar-refractivity contribution < 1.29 is 18.0 Å². The average Bonchev–Trinajstić information content (AvgIpc) is 2.75. The van der Waals surface area contributed by atoms with Crippen molar-refractivity contribution in [2.45, 2.75) is 32.0 Å². The lowest BCUT2D eigenvalue weighted by molar-refractivity contribution is -0.140. The van der Waals surface area contributed by atoms with Crippen LogP contribution in [0.5, 0.6) is 0 Å². The largest absolute Gasteiger partial charge is 0.434 e. The summed E-state index contributed by atoms with van der Waals surface area (Å²) < 4.78 is 37.2. The fourth-order valence-electron chi connectivity index (χ4n) is 1.31. The van der Waals surface area contributed by atoms with Crippen LogP contribution >= 0.6 is 11.3 Å². The number of carbonyl (C=O) groups excluding carboxylic acids is 1. The molecule has 102 valence electrons. The molecule has 0 saturated heterocycles. The molecule has 0 bridgehead atoms. The van der Waals surface area contributed by atoms with Crippen LogP contribution in [-0.4, -0.2) is 17.4 Å². The van der Waals surface area contributed by atoms with Crippen LogP contribution in [0.4, 0.5) is 13.2 Å². The number of hydrogen-bond acceptors (Lipinski definition) is 4. The van der Waals surface area contributed by atoms with Gasteiger partial charge in [0.2, 0.25) is 5.91 Å². The molecule has 3 N–H and O–H groups in total. The summed E-state index contributed by atoms with van der Waals surface area (Å²) in [5.41, 5.74) is 4.30. The summed E-state index contributed by atoms with van der Waals surface area (Å²) in [6.45, 7) is 1.97. The fourth-order valence-corrected chi connectivity index (χ4v) is 2.27. The van der Waals surface area contributed by atoms with Crippen molar-refractivity contribution in [2.75, 3.05) is 6.54 Å². The molecule has 18 heavy (non-hydrogen) atoms. The standard InChI is InChI=1S/C10H14F3N3OS/c1-2-6(15-8(17)3-4-14)9-16-7(5-18-9)10(11,12)13/h5-6H,2-4,14H2,1H3,(H,15,17). The maximum atomic E-state index is 12.4. The van der Waals surface area contributed by atoms with E-state index < -0.39 is 17.9 Å². The van der Waals surface area contributed by atoms with Gasteiger partial charge in [0.05, 0.1) is 6.04 Å². The van der Waals surface area contributed by atoms with E-state index in [0.29, 0.717) is 6.42 Å². The first-order valence-electron chi connectivity index (χ1n) is 5.40. The number of thiazole rings is 1. The number of rotatable bonds is 5. The van der Waals surface area contributed by atoms with Crippen molar-refractivity contribution in [3.05, 3.63) is 16.1 Å². The molecule has 1 rings (SSSR count). The van der Waals surface area contributed by atoms with E-state index in [2.05, 4.69) is 10.3 Å². The lowest BCUT2D eigenvalue weighted by atomic mass is 10.2. The van der Waals surface area contributed by atoms with Gasteiger partial charge in [0.25, 0.3) is 0 Å². The molecule has 0 saturated carbocycles. The first kappa shape index (κ1) is 14.9. The zero-order chi connectivity index (χ0) is 13.8. The highest BCUT2D eigenvalue weighted by molar-refractivity contribution is 7.09. The summed E-state index contributed by atoms with van der Waals surface area (Å²) in [6, 6.07) is -0.495. The quantitative estimate of drug-likeness (QED) is 0.868. The van der Waals surface area contributed by atoms with Crippen LogP contribution in [0, 0.1) is 0 Å². The zero-order valence-corrected chi connectivity index (χ0v) is 10.6. The predicted octanol–water partition coefficient (Wildman–Crippen LogP) is 2.08. The van der Waals surface area contributed by atoms with Crippen molar-refractivity contribution in [3.8, 4) is 0 Å². The van der Waals surface area contributed by atoms with Crippen LogP contribution < -0.4 is 11.1 Å². The molecule has 1 unspecified atom stereocenters. The van der Waals surface area contributed by atoms with E-state index in [9.17, 15) is 18.0 Å². The van der Waals surface area contributed by atoms with Crippen molar-refractivity contribution in [1.29, 1.82) is 0 Å². The molecule has 0 aromatic carbocycles. The molecule has 0 spiro atoms. The highest BCUT2D eigenvalue weighted by Gasteiger charge is 2.34. The van der Waals surface area contributed by atoms with Crippen LogP contribution in [0.3, 0.4) is 0 Å². The third-order valence-corrected chi connectivity index (χ3v) is 3.18. The van der Waals surface area contributed by atoms with Crippen molar-refractivity contribution >= 4 is 17.2 Å². The number of aromatic nitrogens is 1. The van der Waals surface area contributed by atoms with Gasteiger partial charge >= 0.3 is 6.18 Å². The number of halogens is 3. The Kier molecular flexibility index (Phi) is 5.09. The summed E-state index contributed by atoms with van der Waals surface area (Å²) in [4.78, 5) is 14.9. The molecule has 8 heteroatoms. The number of nitrogens with two attached hydrogens (primary N) is 1. The average molecular weight is 281 g/mol. The highest BCUT2D eigenvalue weighted by atomic mass is 32.1. The second kappa shape index (κ2) is 6.14. The molecular weight excluding hydrogens is 267 g/mol. The zero-order valence-electron chi connectivity index (χ0n) is 9.75. The minimum atomic E-state index is -4.45. The van der Waals surface area contributed by atoms with Gasteiger partial charge in [-0.05, 0) is 6.42 Å². The van der Waals surface area contributed by atoms with Crippen LogP contribution in [0.1, 0.15) is 36.5 Å². The number of carbonyl (C=O) groups is 1. The van der Waals surface area contributed by atoms with Gasteiger partial charge in [0, 0.05) is 18.3 Å². The number of nitrogens with zero attached hydrogens (tertiary/aromatic N) is 1. The Labute approximate surface area is 106 Å². The summed E-state index contributed by atoms with van der Waals surface area (Å²) in [6.07, 6.45) is -3.83. The van der Waals surface area contributed by atoms with Crippen LogP contribution in [-0.2, 0) is 11.0 Å². The smallest absolute Gasteiger partial charge is 0.347 e. The molecule has 0 radical (unpaired) electrons. The Morgan fingerprint density at radius 3 is 2.72 bits per heavy atom. The van der Waals surface area contributed by atoms with Crippen LogP contribution in [0.2, 0.25) is 0 Å². The molecule has 0 aliphatic carbocycles. The molecule has 0 fully saturated rings. The van der Waals surface area contributed by atoms with Gasteiger partial charge in [0.1, 0.15) is 5.01 Å².